The van der Waals surface area contributed by atoms with Crippen molar-refractivity contribution in [3.63, 3.8) is 0 Å². The number of pyridine rings is 1. The minimum atomic E-state index is 0.733. The largest absolute Gasteiger partial charge is 0.457 e. The highest BCUT2D eigenvalue weighted by Crippen LogP contribution is 2.27. The predicted octanol–water partition coefficient (Wildman–Crippen LogP) is 3.66. The molecule has 0 aliphatic heterocycles. The molecule has 2 aromatic rings. The van der Waals surface area contributed by atoms with Gasteiger partial charge in [0.05, 0.1) is 5.69 Å². The van der Waals surface area contributed by atoms with Crippen molar-refractivity contribution in [2.75, 3.05) is 7.05 Å². The second kappa shape index (κ2) is 5.98. The maximum Gasteiger partial charge on any atom is 0.130 e. The molecular weight excluding hydrogens is 292 g/mol. The van der Waals surface area contributed by atoms with Crippen molar-refractivity contribution in [1.29, 1.82) is 0 Å². The first kappa shape index (κ1) is 13.1. The molecule has 0 atom stereocenters. The molecule has 0 saturated heterocycles. The highest BCUT2D eigenvalue weighted by Gasteiger charge is 2.03. The van der Waals surface area contributed by atoms with Gasteiger partial charge in [0.25, 0.3) is 0 Å². The molecule has 2 rings (SSSR count). The molecule has 3 nitrogen and oxygen atoms in total. The third kappa shape index (κ3) is 3.31. The van der Waals surface area contributed by atoms with Gasteiger partial charge in [-0.15, -0.1) is 0 Å². The number of nitrogens with zero attached hydrogens (tertiary/aromatic N) is 1. The third-order valence-corrected chi connectivity index (χ3v) is 3.00. The highest BCUT2D eigenvalue weighted by molar-refractivity contribution is 9.10. The van der Waals surface area contributed by atoms with Crippen molar-refractivity contribution < 1.29 is 4.74 Å². The van der Waals surface area contributed by atoms with E-state index in [0.29, 0.717) is 0 Å². The molecule has 1 aromatic carbocycles. The van der Waals surface area contributed by atoms with Crippen molar-refractivity contribution in [1.82, 2.24) is 10.3 Å². The lowest BCUT2D eigenvalue weighted by Gasteiger charge is -2.09. The monoisotopic (exact) mass is 306 g/mol. The first-order valence-corrected chi connectivity index (χ1v) is 6.52. The molecule has 0 saturated carbocycles. The molecular formula is C14H15BrN2O. The molecule has 18 heavy (non-hydrogen) atoms. The molecule has 4 heteroatoms. The Bertz CT molecular complexity index is 543. The van der Waals surface area contributed by atoms with Crippen molar-refractivity contribution in [2.45, 2.75) is 13.5 Å². The number of ether oxygens (including phenoxy) is 1. The summed E-state index contributed by atoms with van der Waals surface area (Å²) in [4.78, 5) is 4.26. The minimum Gasteiger partial charge on any atom is -0.457 e. The van der Waals surface area contributed by atoms with E-state index in [1.807, 2.05) is 44.3 Å². The summed E-state index contributed by atoms with van der Waals surface area (Å²) >= 11 is 3.44. The Morgan fingerprint density at radius 3 is 2.83 bits per heavy atom. The Morgan fingerprint density at radius 1 is 1.28 bits per heavy atom. The summed E-state index contributed by atoms with van der Waals surface area (Å²) in [7, 11) is 1.90. The third-order valence-electron chi connectivity index (χ3n) is 2.51. The highest BCUT2D eigenvalue weighted by atomic mass is 79.9. The van der Waals surface area contributed by atoms with Crippen LogP contribution in [-0.2, 0) is 6.54 Å². The van der Waals surface area contributed by atoms with Crippen LogP contribution in [0.2, 0.25) is 0 Å². The number of aryl methyl sites for hydroxylation is 1. The molecule has 0 amide bonds. The Balaban J connectivity index is 2.20. The van der Waals surface area contributed by atoms with Crippen LogP contribution in [-0.4, -0.2) is 12.0 Å². The average molecular weight is 307 g/mol. The van der Waals surface area contributed by atoms with Gasteiger partial charge in [-0.3, -0.25) is 4.98 Å². The molecule has 0 aliphatic carbocycles. The SMILES string of the molecule is CNCc1cc(Oc2ccc(Br)cc2C)ccn1. The molecule has 0 fully saturated rings. The quantitative estimate of drug-likeness (QED) is 0.936. The molecule has 0 radical (unpaired) electrons. The Hall–Kier alpha value is -1.39. The number of hydrogen-bond donors (Lipinski definition) is 1. The normalized spacial score (nSPS) is 10.4. The molecule has 0 bridgehead atoms. The van der Waals surface area contributed by atoms with E-state index >= 15 is 0 Å². The van der Waals surface area contributed by atoms with E-state index in [9.17, 15) is 0 Å². The van der Waals surface area contributed by atoms with Crippen LogP contribution in [0.3, 0.4) is 0 Å². The van der Waals surface area contributed by atoms with E-state index in [2.05, 4.69) is 26.2 Å². The first-order valence-electron chi connectivity index (χ1n) is 5.72. The zero-order valence-corrected chi connectivity index (χ0v) is 12.0. The van der Waals surface area contributed by atoms with Gasteiger partial charge < -0.3 is 10.1 Å². The van der Waals surface area contributed by atoms with Crippen LogP contribution in [0.4, 0.5) is 0 Å². The summed E-state index contributed by atoms with van der Waals surface area (Å²) in [6.07, 6.45) is 1.76. The van der Waals surface area contributed by atoms with Crippen LogP contribution in [0.15, 0.2) is 41.0 Å². The Kier molecular flexibility index (Phi) is 4.33. The Morgan fingerprint density at radius 2 is 2.11 bits per heavy atom. The fraction of sp³-hybridized carbons (Fsp3) is 0.214. The van der Waals surface area contributed by atoms with Gasteiger partial charge in [0, 0.05) is 23.3 Å². The van der Waals surface area contributed by atoms with Crippen molar-refractivity contribution >= 4 is 15.9 Å². The summed E-state index contributed by atoms with van der Waals surface area (Å²) in [6, 6.07) is 9.76. The molecule has 94 valence electrons. The topological polar surface area (TPSA) is 34.1 Å². The van der Waals surface area contributed by atoms with Crippen LogP contribution in [0.1, 0.15) is 11.3 Å². The molecule has 1 heterocycles. The lowest BCUT2D eigenvalue weighted by molar-refractivity contribution is 0.476. The molecule has 1 aromatic heterocycles. The van der Waals surface area contributed by atoms with E-state index in [1.54, 1.807) is 6.20 Å². The molecule has 0 unspecified atom stereocenters. The van der Waals surface area contributed by atoms with Gasteiger partial charge in [0.15, 0.2) is 0 Å². The standard InChI is InChI=1S/C14H15BrN2O/c1-10-7-11(15)3-4-14(10)18-13-5-6-17-12(8-13)9-16-2/h3-8,16H,9H2,1-2H3. The number of halogens is 1. The van der Waals surface area contributed by atoms with Gasteiger partial charge in [0.1, 0.15) is 11.5 Å². The predicted molar refractivity (Wildman–Crippen MR) is 76.0 cm³/mol. The van der Waals surface area contributed by atoms with Crippen molar-refractivity contribution in [3.8, 4) is 11.5 Å². The first-order chi connectivity index (χ1) is 8.69. The van der Waals surface area contributed by atoms with E-state index in [0.717, 1.165) is 33.8 Å². The summed E-state index contributed by atoms with van der Waals surface area (Å²) in [5.41, 5.74) is 2.06. The van der Waals surface area contributed by atoms with E-state index in [1.165, 1.54) is 0 Å². The maximum atomic E-state index is 5.86. The maximum absolute atomic E-state index is 5.86. The fourth-order valence-electron chi connectivity index (χ4n) is 1.65. The lowest BCUT2D eigenvalue weighted by atomic mass is 10.2. The van der Waals surface area contributed by atoms with Crippen LogP contribution < -0.4 is 10.1 Å². The lowest BCUT2D eigenvalue weighted by Crippen LogP contribution is -2.06. The van der Waals surface area contributed by atoms with Gasteiger partial charge in [0.2, 0.25) is 0 Å². The number of nitrogens with one attached hydrogen (secondary N) is 1. The van der Waals surface area contributed by atoms with Gasteiger partial charge in [-0.05, 0) is 43.8 Å². The summed E-state index contributed by atoms with van der Waals surface area (Å²) < 4.78 is 6.92. The van der Waals surface area contributed by atoms with Crippen molar-refractivity contribution in [3.05, 3.63) is 52.3 Å². The minimum absolute atomic E-state index is 0.733. The van der Waals surface area contributed by atoms with Gasteiger partial charge >= 0.3 is 0 Å². The molecule has 0 aliphatic rings. The summed E-state index contributed by atoms with van der Waals surface area (Å²) in [6.45, 7) is 2.76. The second-order valence-corrected chi connectivity index (χ2v) is 4.94. The molecule has 1 N–H and O–H groups in total. The molecule has 0 spiro atoms. The summed E-state index contributed by atoms with van der Waals surface area (Å²) in [5, 5.41) is 3.07. The summed E-state index contributed by atoms with van der Waals surface area (Å²) in [5.74, 6) is 1.67. The number of benzene rings is 1. The van der Waals surface area contributed by atoms with Gasteiger partial charge in [-0.25, -0.2) is 0 Å². The van der Waals surface area contributed by atoms with Crippen LogP contribution >= 0.6 is 15.9 Å². The van der Waals surface area contributed by atoms with E-state index in [4.69, 9.17) is 4.74 Å². The second-order valence-electron chi connectivity index (χ2n) is 4.03. The zero-order valence-electron chi connectivity index (χ0n) is 10.4. The number of hydrogen-bond acceptors (Lipinski definition) is 3. The van der Waals surface area contributed by atoms with Crippen LogP contribution in [0.25, 0.3) is 0 Å². The smallest absolute Gasteiger partial charge is 0.130 e. The zero-order chi connectivity index (χ0) is 13.0. The van der Waals surface area contributed by atoms with E-state index in [-0.39, 0.29) is 0 Å². The van der Waals surface area contributed by atoms with Crippen LogP contribution in [0, 0.1) is 6.92 Å². The van der Waals surface area contributed by atoms with Crippen molar-refractivity contribution in [2.24, 2.45) is 0 Å². The number of rotatable bonds is 4. The van der Waals surface area contributed by atoms with Gasteiger partial charge in [-0.1, -0.05) is 15.9 Å². The average Bonchev–Trinajstić information content (AvgIpc) is 2.34. The number of aromatic nitrogens is 1. The van der Waals surface area contributed by atoms with Gasteiger partial charge in [-0.2, -0.15) is 0 Å². The van der Waals surface area contributed by atoms with Crippen LogP contribution in [0.5, 0.6) is 11.5 Å². The fourth-order valence-corrected chi connectivity index (χ4v) is 2.13. The Labute approximate surface area is 115 Å². The van der Waals surface area contributed by atoms with E-state index < -0.39 is 0 Å².